The van der Waals surface area contributed by atoms with E-state index in [4.69, 9.17) is 28.8 Å². The van der Waals surface area contributed by atoms with Gasteiger partial charge in [0, 0.05) is 18.5 Å². The number of carbonyl (C=O) groups is 2. The summed E-state index contributed by atoms with van der Waals surface area (Å²) in [5.74, 6) is -0.718. The van der Waals surface area contributed by atoms with Gasteiger partial charge < -0.3 is 17.2 Å². The van der Waals surface area contributed by atoms with Gasteiger partial charge in [-0.15, -0.1) is 0 Å². The van der Waals surface area contributed by atoms with Crippen molar-refractivity contribution in [3.05, 3.63) is 46.2 Å². The van der Waals surface area contributed by atoms with Gasteiger partial charge >= 0.3 is 0 Å². The van der Waals surface area contributed by atoms with E-state index in [0.29, 0.717) is 13.0 Å². The molecule has 0 saturated carbocycles. The molecular formula is C26H42ClN7O2. The molecule has 0 saturated heterocycles. The number of halogens is 1. The lowest BCUT2D eigenvalue weighted by Crippen LogP contribution is -2.38. The molecule has 200 valence electrons. The van der Waals surface area contributed by atoms with Crippen LogP contribution in [0.4, 0.5) is 11.6 Å². The summed E-state index contributed by atoms with van der Waals surface area (Å²) in [6.45, 7) is 10.6. The number of ketones is 1. The number of aryl methyl sites for hydroxylation is 1. The molecule has 9 nitrogen and oxygen atoms in total. The summed E-state index contributed by atoms with van der Waals surface area (Å²) in [7, 11) is 0. The summed E-state index contributed by atoms with van der Waals surface area (Å²) in [5, 5.41) is 2.29. The Kier molecular flexibility index (Phi) is 17.4. The molecular weight excluding hydrogens is 478 g/mol. The van der Waals surface area contributed by atoms with Gasteiger partial charge in [0.2, 0.25) is 0 Å². The fourth-order valence-electron chi connectivity index (χ4n) is 3.00. The molecule has 1 aromatic heterocycles. The minimum atomic E-state index is -0.664. The zero-order valence-electron chi connectivity index (χ0n) is 22.2. The van der Waals surface area contributed by atoms with E-state index in [-0.39, 0.29) is 34.2 Å². The number of hydrogen-bond acceptors (Lipinski definition) is 7. The number of Topliss-reactive ketones (excluding diaryl/α,β-unsaturated/α-hetero) is 1. The molecule has 36 heavy (non-hydrogen) atoms. The van der Waals surface area contributed by atoms with Crippen LogP contribution in [0.1, 0.15) is 99.6 Å². The topological polar surface area (TPSA) is 162 Å². The number of anilines is 2. The van der Waals surface area contributed by atoms with Gasteiger partial charge in [0.05, 0.1) is 0 Å². The number of amides is 1. The number of benzene rings is 1. The molecule has 1 amide bonds. The first kappa shape index (κ1) is 32.8. The van der Waals surface area contributed by atoms with E-state index in [0.717, 1.165) is 49.7 Å². The average molecular weight is 520 g/mol. The van der Waals surface area contributed by atoms with Gasteiger partial charge in [-0.3, -0.25) is 19.9 Å². The normalized spacial score (nSPS) is 10.4. The Balaban J connectivity index is 0.00000291. The number of unbranched alkanes of at least 4 members (excludes halogenated alkanes) is 3. The van der Waals surface area contributed by atoms with E-state index in [1.165, 1.54) is 0 Å². The Hall–Kier alpha value is -3.20. The highest BCUT2D eigenvalue weighted by Gasteiger charge is 2.16. The summed E-state index contributed by atoms with van der Waals surface area (Å²) in [6, 6.07) is 7.78. The maximum absolute atomic E-state index is 12.2. The van der Waals surface area contributed by atoms with E-state index in [9.17, 15) is 9.59 Å². The van der Waals surface area contributed by atoms with E-state index >= 15 is 0 Å². The third kappa shape index (κ3) is 12.0. The predicted molar refractivity (Wildman–Crippen MR) is 150 cm³/mol. The summed E-state index contributed by atoms with van der Waals surface area (Å²) >= 11 is 5.77. The van der Waals surface area contributed by atoms with E-state index in [2.05, 4.69) is 27.2 Å². The number of nitrogens with zero attached hydrogens (tertiary/aromatic N) is 3. The molecule has 10 heteroatoms. The standard InChI is InChI=1S/C22H30ClN7O2.2C2H6/c1-2-3-4-8-16(31)15-11-9-14(10-12-15)7-5-6-13-27-22(26)30-21(32)17-19(24)29-20(25)18(23)28-17;2*1-2/h9-12H,2-8,13H2,1H3,(H4,24,25,29)(H3,26,27,30,32);2*1-2H3. The Morgan fingerprint density at radius 1 is 0.944 bits per heavy atom. The van der Waals surface area contributed by atoms with Crippen LogP contribution in [0.2, 0.25) is 5.15 Å². The minimum absolute atomic E-state index is 0.0462. The number of nitrogens with two attached hydrogens (primary N) is 3. The number of nitrogen functional groups attached to an aromatic ring is 2. The highest BCUT2D eigenvalue weighted by Crippen LogP contribution is 2.17. The van der Waals surface area contributed by atoms with Crippen molar-refractivity contribution in [2.45, 2.75) is 79.6 Å². The number of nitrogens with one attached hydrogen (secondary N) is 1. The Labute approximate surface area is 220 Å². The number of rotatable bonds is 11. The third-order valence-electron chi connectivity index (χ3n) is 4.80. The van der Waals surface area contributed by atoms with E-state index in [1.807, 2.05) is 52.0 Å². The predicted octanol–water partition coefficient (Wildman–Crippen LogP) is 5.18. The molecule has 1 aromatic carbocycles. The van der Waals surface area contributed by atoms with Gasteiger partial charge in [-0.05, 0) is 31.2 Å². The molecule has 0 aliphatic rings. The van der Waals surface area contributed by atoms with Crippen molar-refractivity contribution >= 4 is 40.9 Å². The number of hydrogen-bond donors (Lipinski definition) is 4. The summed E-state index contributed by atoms with van der Waals surface area (Å²) < 4.78 is 0. The molecule has 1 heterocycles. The van der Waals surface area contributed by atoms with Crippen molar-refractivity contribution in [3.63, 3.8) is 0 Å². The minimum Gasteiger partial charge on any atom is -0.382 e. The van der Waals surface area contributed by atoms with Gasteiger partial charge in [-0.1, -0.05) is 83.3 Å². The molecule has 0 aliphatic heterocycles. The maximum atomic E-state index is 12.2. The number of aliphatic imine (C=N–C) groups is 1. The molecule has 0 aliphatic carbocycles. The van der Waals surface area contributed by atoms with Crippen molar-refractivity contribution in [1.82, 2.24) is 15.3 Å². The zero-order chi connectivity index (χ0) is 27.5. The average Bonchev–Trinajstić information content (AvgIpc) is 2.88. The molecule has 0 unspecified atom stereocenters. The second kappa shape index (κ2) is 19.0. The Bertz CT molecular complexity index is 964. The van der Waals surface area contributed by atoms with Gasteiger partial charge in [0.15, 0.2) is 34.2 Å². The van der Waals surface area contributed by atoms with E-state index < -0.39 is 5.91 Å². The lowest BCUT2D eigenvalue weighted by atomic mass is 10.0. The molecule has 2 aromatic rings. The summed E-state index contributed by atoms with van der Waals surface area (Å²) in [6.07, 6.45) is 6.27. The van der Waals surface area contributed by atoms with Gasteiger partial charge in [-0.25, -0.2) is 9.97 Å². The van der Waals surface area contributed by atoms with Crippen LogP contribution in [0.3, 0.4) is 0 Å². The zero-order valence-corrected chi connectivity index (χ0v) is 23.0. The van der Waals surface area contributed by atoms with Crippen LogP contribution in [0.25, 0.3) is 0 Å². The van der Waals surface area contributed by atoms with Crippen LogP contribution in [0, 0.1) is 0 Å². The summed E-state index contributed by atoms with van der Waals surface area (Å²) in [5.41, 5.74) is 18.6. The molecule has 2 rings (SSSR count). The molecule has 0 atom stereocenters. The van der Waals surface area contributed by atoms with Crippen molar-refractivity contribution in [1.29, 1.82) is 0 Å². The van der Waals surface area contributed by atoms with E-state index in [1.54, 1.807) is 0 Å². The van der Waals surface area contributed by atoms with Crippen LogP contribution >= 0.6 is 11.6 Å². The van der Waals surface area contributed by atoms with Crippen LogP contribution in [-0.2, 0) is 6.42 Å². The smallest absolute Gasteiger partial charge is 0.280 e. The highest BCUT2D eigenvalue weighted by molar-refractivity contribution is 6.31. The molecule has 0 bridgehead atoms. The quantitative estimate of drug-likeness (QED) is 0.137. The number of guanidine groups is 1. The van der Waals surface area contributed by atoms with Crippen LogP contribution in [-0.4, -0.2) is 34.2 Å². The molecule has 7 N–H and O–H groups in total. The first-order chi connectivity index (χ1) is 17.3. The number of carbonyl (C=O) groups excluding carboxylic acids is 2. The Morgan fingerprint density at radius 3 is 2.19 bits per heavy atom. The van der Waals surface area contributed by atoms with Crippen LogP contribution in [0.15, 0.2) is 29.3 Å². The van der Waals surface area contributed by atoms with Crippen LogP contribution in [0.5, 0.6) is 0 Å². The van der Waals surface area contributed by atoms with Crippen LogP contribution < -0.4 is 22.5 Å². The highest BCUT2D eigenvalue weighted by atomic mass is 35.5. The second-order valence-corrected chi connectivity index (χ2v) is 7.75. The first-order valence-electron chi connectivity index (χ1n) is 12.6. The van der Waals surface area contributed by atoms with Crippen molar-refractivity contribution in [2.75, 3.05) is 18.0 Å². The van der Waals surface area contributed by atoms with Crippen molar-refractivity contribution < 1.29 is 9.59 Å². The molecule has 0 fully saturated rings. The molecule has 0 spiro atoms. The monoisotopic (exact) mass is 519 g/mol. The second-order valence-electron chi connectivity index (χ2n) is 7.39. The lowest BCUT2D eigenvalue weighted by Gasteiger charge is -2.07. The Morgan fingerprint density at radius 2 is 1.58 bits per heavy atom. The van der Waals surface area contributed by atoms with Gasteiger partial charge in [-0.2, -0.15) is 0 Å². The van der Waals surface area contributed by atoms with Gasteiger partial charge in [0.1, 0.15) is 0 Å². The van der Waals surface area contributed by atoms with Crippen molar-refractivity contribution in [3.8, 4) is 0 Å². The SMILES string of the molecule is CC.CC.CCCCCC(=O)c1ccc(CCCCN=C(N)NC(=O)c2nc(Cl)c(N)nc2N)cc1. The fourth-order valence-corrected chi connectivity index (χ4v) is 3.13. The maximum Gasteiger partial charge on any atom is 0.280 e. The fraction of sp³-hybridized carbons (Fsp3) is 0.500. The summed E-state index contributed by atoms with van der Waals surface area (Å²) in [4.78, 5) is 36.0. The largest absolute Gasteiger partial charge is 0.382 e. The van der Waals surface area contributed by atoms with Crippen molar-refractivity contribution in [2.24, 2.45) is 10.7 Å². The lowest BCUT2D eigenvalue weighted by molar-refractivity contribution is 0.0967. The molecule has 0 radical (unpaired) electrons. The number of aromatic nitrogens is 2. The van der Waals surface area contributed by atoms with Gasteiger partial charge in [0.25, 0.3) is 5.91 Å². The first-order valence-corrected chi connectivity index (χ1v) is 13.0. The third-order valence-corrected chi connectivity index (χ3v) is 5.08.